The standard InChI is InChI=1S/C17H23BrN4O/c1-12-9-21(10-17(2,3)23)6-7-22(12)16-14-8-13(18)4-5-15(14)19-11-20-16/h4-5,8,11-12,23H,6-7,9-10H2,1-3H3. The first-order valence-electron chi connectivity index (χ1n) is 7.95. The number of benzene rings is 1. The second kappa shape index (κ2) is 6.34. The Morgan fingerprint density at radius 3 is 2.78 bits per heavy atom. The third-order valence-corrected chi connectivity index (χ3v) is 4.66. The van der Waals surface area contributed by atoms with Gasteiger partial charge in [0.1, 0.15) is 12.1 Å². The molecule has 1 aromatic carbocycles. The summed E-state index contributed by atoms with van der Waals surface area (Å²) in [6.45, 7) is 9.37. The molecule has 1 atom stereocenters. The quantitative estimate of drug-likeness (QED) is 0.889. The number of fused-ring (bicyclic) bond motifs is 1. The van der Waals surface area contributed by atoms with Crippen LogP contribution in [-0.4, -0.2) is 57.8 Å². The Bertz CT molecular complexity index is 701. The first-order valence-corrected chi connectivity index (χ1v) is 8.74. The highest BCUT2D eigenvalue weighted by atomic mass is 79.9. The zero-order chi connectivity index (χ0) is 16.6. The zero-order valence-electron chi connectivity index (χ0n) is 13.8. The van der Waals surface area contributed by atoms with Crippen LogP contribution in [-0.2, 0) is 0 Å². The van der Waals surface area contributed by atoms with E-state index in [0.717, 1.165) is 40.8 Å². The fourth-order valence-corrected chi connectivity index (χ4v) is 3.64. The van der Waals surface area contributed by atoms with Crippen molar-refractivity contribution >= 4 is 32.7 Å². The van der Waals surface area contributed by atoms with Gasteiger partial charge < -0.3 is 10.0 Å². The minimum atomic E-state index is -0.658. The Hall–Kier alpha value is -1.24. The second-order valence-corrected chi connectivity index (χ2v) is 7.86. The van der Waals surface area contributed by atoms with Crippen molar-refractivity contribution in [1.82, 2.24) is 14.9 Å². The Morgan fingerprint density at radius 2 is 2.09 bits per heavy atom. The molecule has 5 nitrogen and oxygen atoms in total. The number of aliphatic hydroxyl groups is 1. The van der Waals surface area contributed by atoms with Gasteiger partial charge in [0.15, 0.2) is 0 Å². The normalized spacial score (nSPS) is 20.2. The molecule has 3 rings (SSSR count). The molecule has 2 heterocycles. The zero-order valence-corrected chi connectivity index (χ0v) is 15.4. The van der Waals surface area contributed by atoms with Gasteiger partial charge >= 0.3 is 0 Å². The van der Waals surface area contributed by atoms with Crippen molar-refractivity contribution in [2.24, 2.45) is 0 Å². The van der Waals surface area contributed by atoms with Gasteiger partial charge in [-0.15, -0.1) is 0 Å². The number of aromatic nitrogens is 2. The molecule has 0 spiro atoms. The summed E-state index contributed by atoms with van der Waals surface area (Å²) < 4.78 is 1.04. The van der Waals surface area contributed by atoms with Gasteiger partial charge in [-0.05, 0) is 39.0 Å². The number of hydrogen-bond donors (Lipinski definition) is 1. The van der Waals surface area contributed by atoms with Crippen molar-refractivity contribution in [3.8, 4) is 0 Å². The smallest absolute Gasteiger partial charge is 0.140 e. The maximum absolute atomic E-state index is 10.0. The first kappa shape index (κ1) is 16.6. The van der Waals surface area contributed by atoms with Crippen molar-refractivity contribution < 1.29 is 5.11 Å². The van der Waals surface area contributed by atoms with Crippen LogP contribution in [0.1, 0.15) is 20.8 Å². The lowest BCUT2D eigenvalue weighted by atomic mass is 10.1. The third kappa shape index (κ3) is 3.82. The van der Waals surface area contributed by atoms with Crippen LogP contribution in [0.3, 0.4) is 0 Å². The van der Waals surface area contributed by atoms with E-state index in [0.29, 0.717) is 12.6 Å². The van der Waals surface area contributed by atoms with Crippen molar-refractivity contribution in [3.63, 3.8) is 0 Å². The van der Waals surface area contributed by atoms with Crippen LogP contribution in [0.15, 0.2) is 29.0 Å². The number of piperazine rings is 1. The van der Waals surface area contributed by atoms with E-state index in [1.165, 1.54) is 0 Å². The van der Waals surface area contributed by atoms with E-state index in [-0.39, 0.29) is 0 Å². The van der Waals surface area contributed by atoms with Crippen LogP contribution in [0.5, 0.6) is 0 Å². The fraction of sp³-hybridized carbons (Fsp3) is 0.529. The van der Waals surface area contributed by atoms with E-state index >= 15 is 0 Å². The van der Waals surface area contributed by atoms with Crippen molar-refractivity contribution in [2.45, 2.75) is 32.4 Å². The second-order valence-electron chi connectivity index (χ2n) is 6.95. The highest BCUT2D eigenvalue weighted by Gasteiger charge is 2.28. The predicted molar refractivity (Wildman–Crippen MR) is 96.8 cm³/mol. The number of nitrogens with zero attached hydrogens (tertiary/aromatic N) is 4. The van der Waals surface area contributed by atoms with Crippen molar-refractivity contribution in [3.05, 3.63) is 29.0 Å². The fourth-order valence-electron chi connectivity index (χ4n) is 3.28. The summed E-state index contributed by atoms with van der Waals surface area (Å²) in [5, 5.41) is 11.1. The molecule has 0 amide bonds. The Labute approximate surface area is 145 Å². The molecular weight excluding hydrogens is 356 g/mol. The maximum Gasteiger partial charge on any atom is 0.140 e. The van der Waals surface area contributed by atoms with Crippen LogP contribution in [0.4, 0.5) is 5.82 Å². The van der Waals surface area contributed by atoms with E-state index in [9.17, 15) is 5.11 Å². The van der Waals surface area contributed by atoms with Crippen molar-refractivity contribution in [2.75, 3.05) is 31.1 Å². The Morgan fingerprint density at radius 1 is 1.30 bits per heavy atom. The molecule has 124 valence electrons. The van der Waals surface area contributed by atoms with Gasteiger partial charge in [0.25, 0.3) is 0 Å². The van der Waals surface area contributed by atoms with Gasteiger partial charge in [-0.3, -0.25) is 4.90 Å². The van der Waals surface area contributed by atoms with E-state index in [4.69, 9.17) is 0 Å². The first-order chi connectivity index (χ1) is 10.8. The number of hydrogen-bond acceptors (Lipinski definition) is 5. The molecule has 0 aliphatic carbocycles. The SMILES string of the molecule is CC1CN(CC(C)(C)O)CCN1c1ncnc2ccc(Br)cc12. The lowest BCUT2D eigenvalue weighted by Crippen LogP contribution is -2.55. The lowest BCUT2D eigenvalue weighted by molar-refractivity contribution is 0.0307. The summed E-state index contributed by atoms with van der Waals surface area (Å²) in [7, 11) is 0. The summed E-state index contributed by atoms with van der Waals surface area (Å²) >= 11 is 3.54. The van der Waals surface area contributed by atoms with Gasteiger partial charge in [-0.25, -0.2) is 9.97 Å². The van der Waals surface area contributed by atoms with Crippen LogP contribution >= 0.6 is 15.9 Å². The monoisotopic (exact) mass is 378 g/mol. The molecule has 0 saturated carbocycles. The molecule has 6 heteroatoms. The molecule has 1 aromatic heterocycles. The van der Waals surface area contributed by atoms with E-state index < -0.39 is 5.60 Å². The van der Waals surface area contributed by atoms with Gasteiger partial charge in [0.2, 0.25) is 0 Å². The largest absolute Gasteiger partial charge is 0.389 e. The van der Waals surface area contributed by atoms with Gasteiger partial charge in [0.05, 0.1) is 11.1 Å². The van der Waals surface area contributed by atoms with E-state index in [1.807, 2.05) is 26.0 Å². The number of rotatable bonds is 3. The summed E-state index contributed by atoms with van der Waals surface area (Å²) in [6, 6.07) is 6.44. The average Bonchev–Trinajstić information content (AvgIpc) is 2.45. The molecule has 1 aliphatic rings. The van der Waals surface area contributed by atoms with Crippen LogP contribution < -0.4 is 4.90 Å². The lowest BCUT2D eigenvalue weighted by Gasteiger charge is -2.42. The van der Waals surface area contributed by atoms with Crippen LogP contribution in [0, 0.1) is 0 Å². The molecule has 23 heavy (non-hydrogen) atoms. The Balaban J connectivity index is 1.85. The summed E-state index contributed by atoms with van der Waals surface area (Å²) in [4.78, 5) is 13.6. The number of β-amino-alcohol motifs (C(OH)–C–C–N with tert-alkyl or cyclic N) is 1. The molecule has 1 saturated heterocycles. The summed E-state index contributed by atoms with van der Waals surface area (Å²) in [6.07, 6.45) is 1.64. The van der Waals surface area contributed by atoms with E-state index in [2.05, 4.69) is 48.7 Å². The molecule has 2 aromatic rings. The summed E-state index contributed by atoms with van der Waals surface area (Å²) in [5.41, 5.74) is 0.304. The predicted octanol–water partition coefficient (Wildman–Crippen LogP) is 2.67. The minimum Gasteiger partial charge on any atom is -0.389 e. The highest BCUT2D eigenvalue weighted by Crippen LogP contribution is 2.28. The summed E-state index contributed by atoms with van der Waals surface area (Å²) in [5.74, 6) is 0.992. The molecular formula is C17H23BrN4O. The molecule has 1 N–H and O–H groups in total. The number of halogens is 1. The average molecular weight is 379 g/mol. The highest BCUT2D eigenvalue weighted by molar-refractivity contribution is 9.10. The van der Waals surface area contributed by atoms with Gasteiger partial charge in [-0.2, -0.15) is 0 Å². The van der Waals surface area contributed by atoms with Crippen LogP contribution in [0.25, 0.3) is 10.9 Å². The number of anilines is 1. The third-order valence-electron chi connectivity index (χ3n) is 4.17. The Kier molecular flexibility index (Phi) is 4.58. The molecule has 1 fully saturated rings. The minimum absolute atomic E-state index is 0.336. The van der Waals surface area contributed by atoms with Crippen molar-refractivity contribution in [1.29, 1.82) is 0 Å². The van der Waals surface area contributed by atoms with Crippen LogP contribution in [0.2, 0.25) is 0 Å². The maximum atomic E-state index is 10.0. The molecule has 1 unspecified atom stereocenters. The topological polar surface area (TPSA) is 52.5 Å². The molecule has 0 bridgehead atoms. The van der Waals surface area contributed by atoms with Gasteiger partial charge in [-0.1, -0.05) is 15.9 Å². The molecule has 0 radical (unpaired) electrons. The van der Waals surface area contributed by atoms with Gasteiger partial charge in [0, 0.05) is 42.1 Å². The molecule has 1 aliphatic heterocycles. The van der Waals surface area contributed by atoms with E-state index in [1.54, 1.807) is 6.33 Å².